The highest BCUT2D eigenvalue weighted by atomic mass is 32.1. The number of benzene rings is 1. The number of rotatable bonds is 3. The highest BCUT2D eigenvalue weighted by Crippen LogP contribution is 2.10. The number of hydrogen-bond acceptors (Lipinski definition) is 5. The predicted molar refractivity (Wildman–Crippen MR) is 73.4 cm³/mol. The van der Waals surface area contributed by atoms with Crippen LogP contribution in [0.1, 0.15) is 20.8 Å². The molecule has 0 saturated carbocycles. The second kappa shape index (κ2) is 6.75. The first-order valence-corrected chi connectivity index (χ1v) is 6.51. The highest BCUT2D eigenvalue weighted by molar-refractivity contribution is 7.07. The summed E-state index contributed by atoms with van der Waals surface area (Å²) in [7, 11) is 0. The lowest BCUT2D eigenvalue weighted by Gasteiger charge is -2.05. The van der Waals surface area contributed by atoms with Crippen molar-refractivity contribution < 1.29 is 9.18 Å². The van der Waals surface area contributed by atoms with Gasteiger partial charge in [0, 0.05) is 17.7 Å². The van der Waals surface area contributed by atoms with Crippen molar-refractivity contribution in [3.63, 3.8) is 0 Å². The van der Waals surface area contributed by atoms with E-state index in [-0.39, 0.29) is 19.0 Å². The summed E-state index contributed by atoms with van der Waals surface area (Å²) in [5.74, 6) is 4.77. The van der Waals surface area contributed by atoms with Gasteiger partial charge in [0.1, 0.15) is 10.7 Å². The number of nitrogens with one attached hydrogen (secondary N) is 1. The van der Waals surface area contributed by atoms with Crippen LogP contribution in [0.2, 0.25) is 0 Å². The Morgan fingerprint density at radius 1 is 1.50 bits per heavy atom. The van der Waals surface area contributed by atoms with E-state index in [0.717, 1.165) is 11.5 Å². The van der Waals surface area contributed by atoms with E-state index in [1.165, 1.54) is 12.3 Å². The van der Waals surface area contributed by atoms with Crippen molar-refractivity contribution in [2.45, 2.75) is 6.54 Å². The SMILES string of the molecule is NCC#Cc1ccc(F)c(CNC(=O)c2cnns2)c1. The number of nitrogens with two attached hydrogens (primary N) is 1. The summed E-state index contributed by atoms with van der Waals surface area (Å²) in [5.41, 5.74) is 6.30. The van der Waals surface area contributed by atoms with Gasteiger partial charge in [-0.1, -0.05) is 16.3 Å². The molecule has 102 valence electrons. The van der Waals surface area contributed by atoms with Crippen LogP contribution in [0, 0.1) is 17.7 Å². The normalized spacial score (nSPS) is 9.70. The fraction of sp³-hybridized carbons (Fsp3) is 0.154. The van der Waals surface area contributed by atoms with Crippen LogP contribution >= 0.6 is 11.5 Å². The molecule has 0 spiro atoms. The Bertz CT molecular complexity index is 661. The minimum Gasteiger partial charge on any atom is -0.347 e. The van der Waals surface area contributed by atoms with Gasteiger partial charge in [0.25, 0.3) is 5.91 Å². The van der Waals surface area contributed by atoms with Gasteiger partial charge in [-0.2, -0.15) is 0 Å². The number of halogens is 1. The molecule has 0 bridgehead atoms. The van der Waals surface area contributed by atoms with Gasteiger partial charge in [-0.05, 0) is 29.7 Å². The smallest absolute Gasteiger partial charge is 0.264 e. The van der Waals surface area contributed by atoms with E-state index in [4.69, 9.17) is 5.73 Å². The molecule has 2 aromatic rings. The van der Waals surface area contributed by atoms with Gasteiger partial charge >= 0.3 is 0 Å². The summed E-state index contributed by atoms with van der Waals surface area (Å²) in [4.78, 5) is 12.1. The number of amides is 1. The maximum Gasteiger partial charge on any atom is 0.264 e. The van der Waals surface area contributed by atoms with E-state index >= 15 is 0 Å². The first-order chi connectivity index (χ1) is 9.70. The zero-order chi connectivity index (χ0) is 14.4. The molecule has 0 radical (unpaired) electrons. The summed E-state index contributed by atoms with van der Waals surface area (Å²) < 4.78 is 17.2. The summed E-state index contributed by atoms with van der Waals surface area (Å²) in [6.07, 6.45) is 1.36. The zero-order valence-corrected chi connectivity index (χ0v) is 11.2. The van der Waals surface area contributed by atoms with Gasteiger partial charge in [0.05, 0.1) is 12.7 Å². The molecular formula is C13H11FN4OS. The first-order valence-electron chi connectivity index (χ1n) is 5.73. The molecule has 0 atom stereocenters. The zero-order valence-electron chi connectivity index (χ0n) is 10.4. The van der Waals surface area contributed by atoms with Crippen LogP contribution in [0.3, 0.4) is 0 Å². The number of nitrogens with zero attached hydrogens (tertiary/aromatic N) is 2. The molecular weight excluding hydrogens is 279 g/mol. The third kappa shape index (κ3) is 3.60. The lowest BCUT2D eigenvalue weighted by Crippen LogP contribution is -2.22. The minimum absolute atomic E-state index is 0.0702. The van der Waals surface area contributed by atoms with Crippen LogP contribution in [-0.4, -0.2) is 22.0 Å². The largest absolute Gasteiger partial charge is 0.347 e. The monoisotopic (exact) mass is 290 g/mol. The minimum atomic E-state index is -0.397. The maximum atomic E-state index is 13.6. The quantitative estimate of drug-likeness (QED) is 0.824. The Balaban J connectivity index is 2.07. The lowest BCUT2D eigenvalue weighted by molar-refractivity contribution is 0.0954. The maximum absolute atomic E-state index is 13.6. The fourth-order valence-electron chi connectivity index (χ4n) is 1.47. The molecule has 1 aromatic carbocycles. The number of carbonyl (C=O) groups is 1. The van der Waals surface area contributed by atoms with Crippen LogP contribution in [0.25, 0.3) is 0 Å². The van der Waals surface area contributed by atoms with Gasteiger partial charge in [0.15, 0.2) is 0 Å². The molecule has 0 aliphatic carbocycles. The van der Waals surface area contributed by atoms with E-state index in [2.05, 4.69) is 26.7 Å². The van der Waals surface area contributed by atoms with E-state index < -0.39 is 5.82 Å². The highest BCUT2D eigenvalue weighted by Gasteiger charge is 2.09. The molecule has 0 fully saturated rings. The van der Waals surface area contributed by atoms with Crippen LogP contribution in [0.5, 0.6) is 0 Å². The van der Waals surface area contributed by atoms with Gasteiger partial charge in [-0.25, -0.2) is 4.39 Å². The van der Waals surface area contributed by atoms with E-state index in [0.29, 0.717) is 16.0 Å². The molecule has 2 rings (SSSR count). The molecule has 1 aromatic heterocycles. The van der Waals surface area contributed by atoms with Crippen molar-refractivity contribution in [3.05, 3.63) is 46.2 Å². The third-order valence-corrected chi connectivity index (χ3v) is 3.07. The fourth-order valence-corrected chi connectivity index (χ4v) is 1.90. The van der Waals surface area contributed by atoms with Crippen LogP contribution < -0.4 is 11.1 Å². The third-order valence-electron chi connectivity index (χ3n) is 2.40. The van der Waals surface area contributed by atoms with E-state index in [1.807, 2.05) is 0 Å². The predicted octanol–water partition coefficient (Wildman–Crippen LogP) is 0.917. The molecule has 20 heavy (non-hydrogen) atoms. The van der Waals surface area contributed by atoms with Crippen molar-refractivity contribution in [3.8, 4) is 11.8 Å². The average molecular weight is 290 g/mol. The molecule has 0 unspecified atom stereocenters. The lowest BCUT2D eigenvalue weighted by atomic mass is 10.1. The molecule has 5 nitrogen and oxygen atoms in total. The van der Waals surface area contributed by atoms with Gasteiger partial charge in [-0.3, -0.25) is 4.79 Å². The molecule has 1 amide bonds. The first kappa shape index (κ1) is 14.1. The van der Waals surface area contributed by atoms with Crippen molar-refractivity contribution in [2.75, 3.05) is 6.54 Å². The standard InChI is InChI=1S/C13H11FN4OS/c14-11-4-3-9(2-1-5-15)6-10(11)7-16-13(19)12-8-17-18-20-12/h3-4,6,8H,5,7,15H2,(H,16,19). The topological polar surface area (TPSA) is 80.9 Å². The van der Waals surface area contributed by atoms with E-state index in [1.54, 1.807) is 12.1 Å². The van der Waals surface area contributed by atoms with Crippen LogP contribution in [0.4, 0.5) is 4.39 Å². The summed E-state index contributed by atoms with van der Waals surface area (Å²) >= 11 is 0.981. The van der Waals surface area contributed by atoms with Crippen LogP contribution in [-0.2, 0) is 6.54 Å². The summed E-state index contributed by atoms with van der Waals surface area (Å²) in [6, 6.07) is 4.47. The molecule has 3 N–H and O–H groups in total. The molecule has 7 heteroatoms. The Morgan fingerprint density at radius 3 is 3.05 bits per heavy atom. The van der Waals surface area contributed by atoms with Crippen molar-refractivity contribution in [2.24, 2.45) is 5.73 Å². The van der Waals surface area contributed by atoms with Crippen molar-refractivity contribution in [1.82, 2.24) is 14.9 Å². The number of hydrogen-bond donors (Lipinski definition) is 2. The molecule has 0 aliphatic heterocycles. The molecule has 0 aliphatic rings. The summed E-state index contributed by atoms with van der Waals surface area (Å²) in [5, 5.41) is 6.17. The molecule has 0 saturated heterocycles. The Labute approximate surface area is 119 Å². The number of carbonyl (C=O) groups excluding carboxylic acids is 1. The second-order valence-corrected chi connectivity index (χ2v) is 4.56. The van der Waals surface area contributed by atoms with Crippen LogP contribution in [0.15, 0.2) is 24.4 Å². The Kier molecular flexibility index (Phi) is 4.76. The Hall–Kier alpha value is -2.30. The van der Waals surface area contributed by atoms with E-state index in [9.17, 15) is 9.18 Å². The average Bonchev–Trinajstić information content (AvgIpc) is 2.99. The van der Waals surface area contributed by atoms with Crippen molar-refractivity contribution >= 4 is 17.4 Å². The van der Waals surface area contributed by atoms with Crippen molar-refractivity contribution in [1.29, 1.82) is 0 Å². The molecule has 1 heterocycles. The second-order valence-electron chi connectivity index (χ2n) is 3.78. The van der Waals surface area contributed by atoms with Gasteiger partial charge in [-0.15, -0.1) is 5.10 Å². The van der Waals surface area contributed by atoms with Gasteiger partial charge in [0.2, 0.25) is 0 Å². The summed E-state index contributed by atoms with van der Waals surface area (Å²) in [6.45, 7) is 0.308. The number of aromatic nitrogens is 2. The Morgan fingerprint density at radius 2 is 2.35 bits per heavy atom. The van der Waals surface area contributed by atoms with Gasteiger partial charge < -0.3 is 11.1 Å².